The van der Waals surface area contributed by atoms with Gasteiger partial charge in [0.15, 0.2) is 0 Å². The number of hydrogen-bond acceptors (Lipinski definition) is 4. The molecule has 4 aliphatic rings. The number of hydrogen-bond donors (Lipinski definition) is 1. The molecule has 0 aromatic carbocycles. The minimum Gasteiger partial charge on any atom is -0.396 e. The number of aliphatic hydroxyl groups is 1. The smallest absolute Gasteiger partial charge is 0.214 e. The van der Waals surface area contributed by atoms with Crippen molar-refractivity contribution in [2.45, 2.75) is 50.2 Å². The van der Waals surface area contributed by atoms with E-state index in [1.165, 1.54) is 12.8 Å². The molecule has 0 amide bonds. The molecular formula is C15H25NO4S. The molecule has 3 saturated heterocycles. The third kappa shape index (κ3) is 2.18. The standard InChI is InChI=1S/C15H25NO4S/c17-8-12-13-7-16(10-15(13)6-5-14(12)20-15)21(18,19)9-11-3-1-2-4-11/h11-14,17H,1-10H2/t12-,13+,14+,15+/m0/s1. The van der Waals surface area contributed by atoms with E-state index in [-0.39, 0.29) is 30.1 Å². The van der Waals surface area contributed by atoms with E-state index in [4.69, 9.17) is 4.74 Å². The minimum atomic E-state index is -3.18. The van der Waals surface area contributed by atoms with Crippen molar-refractivity contribution < 1.29 is 18.3 Å². The topological polar surface area (TPSA) is 66.8 Å². The SMILES string of the molecule is O=S(=O)(CC1CCCC1)N1C[C@@H]2[C@H](CO)[C@H]3CC[C@]2(C1)O3. The fourth-order valence-corrected chi connectivity index (χ4v) is 7.13. The number of aliphatic hydroxyl groups excluding tert-OH is 1. The second-order valence-corrected chi connectivity index (χ2v) is 9.45. The summed E-state index contributed by atoms with van der Waals surface area (Å²) in [5, 5.41) is 9.60. The van der Waals surface area contributed by atoms with E-state index in [1.807, 2.05) is 0 Å². The lowest BCUT2D eigenvalue weighted by atomic mass is 9.74. The summed E-state index contributed by atoms with van der Waals surface area (Å²) in [6.45, 7) is 1.18. The quantitative estimate of drug-likeness (QED) is 0.840. The summed E-state index contributed by atoms with van der Waals surface area (Å²) in [6, 6.07) is 0. The third-order valence-corrected chi connectivity index (χ3v) is 8.24. The van der Waals surface area contributed by atoms with Crippen molar-refractivity contribution in [2.75, 3.05) is 25.4 Å². The van der Waals surface area contributed by atoms with Crippen LogP contribution in [0.4, 0.5) is 0 Å². The zero-order chi connectivity index (χ0) is 14.7. The van der Waals surface area contributed by atoms with Gasteiger partial charge in [0, 0.05) is 31.5 Å². The van der Waals surface area contributed by atoms with Gasteiger partial charge in [-0.05, 0) is 31.6 Å². The van der Waals surface area contributed by atoms with Gasteiger partial charge in [-0.25, -0.2) is 8.42 Å². The molecule has 3 heterocycles. The van der Waals surface area contributed by atoms with Crippen LogP contribution in [0.25, 0.3) is 0 Å². The van der Waals surface area contributed by atoms with Crippen LogP contribution >= 0.6 is 0 Å². The molecule has 4 atom stereocenters. The molecule has 0 radical (unpaired) electrons. The zero-order valence-electron chi connectivity index (χ0n) is 12.4. The Balaban J connectivity index is 1.50. The van der Waals surface area contributed by atoms with Gasteiger partial charge in [-0.15, -0.1) is 0 Å². The van der Waals surface area contributed by atoms with E-state index < -0.39 is 10.0 Å². The van der Waals surface area contributed by atoms with Crippen molar-refractivity contribution >= 4 is 10.0 Å². The van der Waals surface area contributed by atoms with Crippen molar-refractivity contribution in [1.82, 2.24) is 4.31 Å². The predicted octanol–water partition coefficient (Wildman–Crippen LogP) is 0.978. The van der Waals surface area contributed by atoms with Gasteiger partial charge in [-0.1, -0.05) is 12.8 Å². The van der Waals surface area contributed by atoms with E-state index >= 15 is 0 Å². The zero-order valence-corrected chi connectivity index (χ0v) is 13.2. The molecule has 21 heavy (non-hydrogen) atoms. The summed E-state index contributed by atoms with van der Waals surface area (Å²) in [4.78, 5) is 0. The highest BCUT2D eigenvalue weighted by molar-refractivity contribution is 7.89. The maximum atomic E-state index is 12.7. The molecule has 4 fully saturated rings. The molecular weight excluding hydrogens is 290 g/mol. The maximum Gasteiger partial charge on any atom is 0.214 e. The second-order valence-electron chi connectivity index (χ2n) is 7.43. The summed E-state index contributed by atoms with van der Waals surface area (Å²) in [5.41, 5.74) is -0.291. The number of ether oxygens (including phenoxy) is 1. The van der Waals surface area contributed by atoms with E-state index in [9.17, 15) is 13.5 Å². The lowest BCUT2D eigenvalue weighted by Gasteiger charge is -2.27. The Morgan fingerprint density at radius 3 is 2.71 bits per heavy atom. The normalized spacial score (nSPS) is 43.8. The fourth-order valence-electron chi connectivity index (χ4n) is 5.18. The van der Waals surface area contributed by atoms with Crippen LogP contribution in [0.3, 0.4) is 0 Å². The van der Waals surface area contributed by atoms with Gasteiger partial charge in [-0.2, -0.15) is 4.31 Å². The first kappa shape index (κ1) is 14.4. The molecule has 1 spiro atoms. The molecule has 0 aromatic heterocycles. The summed E-state index contributed by atoms with van der Waals surface area (Å²) in [7, 11) is -3.18. The number of sulfonamides is 1. The van der Waals surface area contributed by atoms with Gasteiger partial charge in [0.2, 0.25) is 10.0 Å². The molecule has 0 unspecified atom stereocenters. The number of rotatable bonds is 4. The Hall–Kier alpha value is -0.170. The highest BCUT2D eigenvalue weighted by Gasteiger charge is 2.64. The number of fused-ring (bicyclic) bond motifs is 1. The molecule has 120 valence electrons. The van der Waals surface area contributed by atoms with Gasteiger partial charge in [0.1, 0.15) is 0 Å². The second kappa shape index (κ2) is 4.91. The van der Waals surface area contributed by atoms with Crippen molar-refractivity contribution in [3.05, 3.63) is 0 Å². The highest BCUT2D eigenvalue weighted by atomic mass is 32.2. The van der Waals surface area contributed by atoms with Crippen LogP contribution in [-0.4, -0.2) is 55.0 Å². The van der Waals surface area contributed by atoms with Crippen LogP contribution in [0.1, 0.15) is 38.5 Å². The average molecular weight is 315 g/mol. The Kier molecular flexibility index (Phi) is 3.37. The Labute approximate surface area is 126 Å². The van der Waals surface area contributed by atoms with Crippen molar-refractivity contribution in [1.29, 1.82) is 0 Å². The van der Waals surface area contributed by atoms with Crippen molar-refractivity contribution in [2.24, 2.45) is 17.8 Å². The largest absolute Gasteiger partial charge is 0.396 e. The highest BCUT2D eigenvalue weighted by Crippen LogP contribution is 2.55. The molecule has 0 aromatic rings. The molecule has 4 rings (SSSR count). The lowest BCUT2D eigenvalue weighted by Crippen LogP contribution is -2.38. The van der Waals surface area contributed by atoms with Crippen LogP contribution in [-0.2, 0) is 14.8 Å². The first-order chi connectivity index (χ1) is 10.0. The van der Waals surface area contributed by atoms with Crippen LogP contribution in [0, 0.1) is 17.8 Å². The summed E-state index contributed by atoms with van der Waals surface area (Å²) in [5.74, 6) is 0.979. The molecule has 2 bridgehead atoms. The van der Waals surface area contributed by atoms with E-state index in [0.717, 1.165) is 25.7 Å². The molecule has 1 saturated carbocycles. The molecule has 3 aliphatic heterocycles. The summed E-state index contributed by atoms with van der Waals surface area (Å²) in [6.07, 6.45) is 6.53. The van der Waals surface area contributed by atoms with Gasteiger partial charge in [-0.3, -0.25) is 0 Å². The van der Waals surface area contributed by atoms with Crippen LogP contribution < -0.4 is 0 Å². The Morgan fingerprint density at radius 1 is 1.24 bits per heavy atom. The number of nitrogens with zero attached hydrogens (tertiary/aromatic N) is 1. The third-order valence-electron chi connectivity index (χ3n) is 6.28. The fraction of sp³-hybridized carbons (Fsp3) is 1.00. The first-order valence-electron chi connectivity index (χ1n) is 8.31. The van der Waals surface area contributed by atoms with Gasteiger partial charge in [0.25, 0.3) is 0 Å². The minimum absolute atomic E-state index is 0.119. The van der Waals surface area contributed by atoms with Crippen LogP contribution in [0.2, 0.25) is 0 Å². The van der Waals surface area contributed by atoms with E-state index in [0.29, 0.717) is 24.8 Å². The summed E-state index contributed by atoms with van der Waals surface area (Å²) >= 11 is 0. The monoisotopic (exact) mass is 315 g/mol. The first-order valence-corrected chi connectivity index (χ1v) is 9.91. The van der Waals surface area contributed by atoms with Gasteiger partial charge >= 0.3 is 0 Å². The van der Waals surface area contributed by atoms with Crippen molar-refractivity contribution in [3.63, 3.8) is 0 Å². The Bertz CT molecular complexity index is 516. The van der Waals surface area contributed by atoms with Crippen molar-refractivity contribution in [3.8, 4) is 0 Å². The lowest BCUT2D eigenvalue weighted by molar-refractivity contribution is 0.00642. The van der Waals surface area contributed by atoms with E-state index in [1.54, 1.807) is 4.31 Å². The molecule has 5 nitrogen and oxygen atoms in total. The van der Waals surface area contributed by atoms with Crippen LogP contribution in [0.15, 0.2) is 0 Å². The maximum absolute atomic E-state index is 12.7. The molecule has 6 heteroatoms. The van der Waals surface area contributed by atoms with Gasteiger partial charge in [0.05, 0.1) is 17.5 Å². The molecule has 1 N–H and O–H groups in total. The van der Waals surface area contributed by atoms with Gasteiger partial charge < -0.3 is 9.84 Å². The molecule has 1 aliphatic carbocycles. The Morgan fingerprint density at radius 2 is 2.00 bits per heavy atom. The average Bonchev–Trinajstić information content (AvgIpc) is 3.16. The van der Waals surface area contributed by atoms with Crippen LogP contribution in [0.5, 0.6) is 0 Å². The van der Waals surface area contributed by atoms with E-state index in [2.05, 4.69) is 0 Å². The summed E-state index contributed by atoms with van der Waals surface area (Å²) < 4.78 is 33.2. The predicted molar refractivity (Wildman–Crippen MR) is 78.2 cm³/mol.